The van der Waals surface area contributed by atoms with Gasteiger partial charge in [-0.25, -0.2) is 9.98 Å². The van der Waals surface area contributed by atoms with Crippen molar-refractivity contribution >= 4 is 11.9 Å². The Labute approximate surface area is 193 Å². The molecule has 2 aliphatic carbocycles. The minimum absolute atomic E-state index is 0.126. The van der Waals surface area contributed by atoms with Crippen LogP contribution in [0.4, 0.5) is 0 Å². The third-order valence-corrected chi connectivity index (χ3v) is 8.06. The number of rotatable bonds is 10. The number of nitrogens with zero attached hydrogens (tertiary/aromatic N) is 4. The lowest BCUT2D eigenvalue weighted by atomic mass is 9.74. The second-order valence-corrected chi connectivity index (χ2v) is 10.5. The molecule has 3 N–H and O–H groups in total. The topological polar surface area (TPSA) is 88.5 Å². The molecule has 7 heteroatoms. The molecule has 32 heavy (non-hydrogen) atoms. The second-order valence-electron chi connectivity index (χ2n) is 10.5. The van der Waals surface area contributed by atoms with Crippen LogP contribution in [0, 0.1) is 11.8 Å². The van der Waals surface area contributed by atoms with Crippen molar-refractivity contribution in [1.82, 2.24) is 19.8 Å². The third kappa shape index (κ3) is 5.72. The summed E-state index contributed by atoms with van der Waals surface area (Å²) in [7, 11) is 1.79. The van der Waals surface area contributed by atoms with E-state index in [1.807, 2.05) is 18.7 Å². The number of guanidine groups is 1. The van der Waals surface area contributed by atoms with Crippen LogP contribution in [0.15, 0.2) is 23.7 Å². The SMILES string of the molecule is CN1C(=O)[C@@](CCC2CCCCC2)(CC2CCC[C@H](NCCCn3ccnc3)C2)N=C1N. The van der Waals surface area contributed by atoms with Crippen molar-refractivity contribution in [3.63, 3.8) is 0 Å². The lowest BCUT2D eigenvalue weighted by molar-refractivity contribution is -0.131. The van der Waals surface area contributed by atoms with E-state index in [-0.39, 0.29) is 5.91 Å². The predicted octanol–water partition coefficient (Wildman–Crippen LogP) is 3.70. The van der Waals surface area contributed by atoms with Gasteiger partial charge in [-0.1, -0.05) is 44.9 Å². The number of aromatic nitrogens is 2. The van der Waals surface area contributed by atoms with Crippen LogP contribution in [-0.2, 0) is 11.3 Å². The van der Waals surface area contributed by atoms with Crippen LogP contribution in [-0.4, -0.2) is 51.5 Å². The molecular weight excluding hydrogens is 400 g/mol. The molecule has 2 fully saturated rings. The summed E-state index contributed by atoms with van der Waals surface area (Å²) in [4.78, 5) is 23.8. The van der Waals surface area contributed by atoms with E-state index in [1.165, 1.54) is 51.4 Å². The van der Waals surface area contributed by atoms with Gasteiger partial charge in [0.1, 0.15) is 5.54 Å². The van der Waals surface area contributed by atoms with Crippen molar-refractivity contribution in [2.45, 2.75) is 102 Å². The van der Waals surface area contributed by atoms with E-state index >= 15 is 0 Å². The molecule has 1 aromatic rings. The van der Waals surface area contributed by atoms with Gasteiger partial charge in [0, 0.05) is 32.0 Å². The fourth-order valence-electron chi connectivity index (χ4n) is 6.20. The van der Waals surface area contributed by atoms with Crippen molar-refractivity contribution < 1.29 is 4.79 Å². The Kier molecular flexibility index (Phi) is 7.87. The summed E-state index contributed by atoms with van der Waals surface area (Å²) in [6.45, 7) is 2.03. The van der Waals surface area contributed by atoms with Crippen LogP contribution in [0.3, 0.4) is 0 Å². The van der Waals surface area contributed by atoms with Crippen molar-refractivity contribution in [1.29, 1.82) is 0 Å². The van der Waals surface area contributed by atoms with Gasteiger partial charge in [0.25, 0.3) is 5.91 Å². The lowest BCUT2D eigenvalue weighted by Crippen LogP contribution is -2.45. The molecular formula is C25H42N6O. The Hall–Kier alpha value is -1.89. The number of carbonyl (C=O) groups excluding carboxylic acids is 1. The van der Waals surface area contributed by atoms with Crippen molar-refractivity contribution in [2.75, 3.05) is 13.6 Å². The monoisotopic (exact) mass is 442 g/mol. The van der Waals surface area contributed by atoms with Crippen LogP contribution < -0.4 is 11.1 Å². The molecule has 1 aromatic heterocycles. The first-order valence-corrected chi connectivity index (χ1v) is 12.9. The second kappa shape index (κ2) is 10.8. The summed E-state index contributed by atoms with van der Waals surface area (Å²) in [6, 6.07) is 0.544. The first-order chi connectivity index (χ1) is 15.6. The van der Waals surface area contributed by atoms with Crippen molar-refractivity contribution in [3.8, 4) is 0 Å². The van der Waals surface area contributed by atoms with E-state index in [1.54, 1.807) is 11.9 Å². The molecule has 4 rings (SSSR count). The molecule has 1 unspecified atom stereocenters. The lowest BCUT2D eigenvalue weighted by Gasteiger charge is -2.35. The first kappa shape index (κ1) is 23.3. The van der Waals surface area contributed by atoms with E-state index in [0.29, 0.717) is 17.9 Å². The predicted molar refractivity (Wildman–Crippen MR) is 128 cm³/mol. The highest BCUT2D eigenvalue weighted by molar-refractivity contribution is 6.06. The van der Waals surface area contributed by atoms with Crippen LogP contribution in [0.25, 0.3) is 0 Å². The van der Waals surface area contributed by atoms with Gasteiger partial charge in [0.15, 0.2) is 5.96 Å². The molecule has 1 amide bonds. The summed E-state index contributed by atoms with van der Waals surface area (Å²) in [5.41, 5.74) is 5.52. The molecule has 0 saturated heterocycles. The summed E-state index contributed by atoms with van der Waals surface area (Å²) < 4.78 is 2.13. The number of amides is 1. The number of hydrogen-bond acceptors (Lipinski definition) is 5. The first-order valence-electron chi connectivity index (χ1n) is 12.9. The zero-order valence-corrected chi connectivity index (χ0v) is 19.8. The van der Waals surface area contributed by atoms with Crippen LogP contribution in [0.2, 0.25) is 0 Å². The van der Waals surface area contributed by atoms with E-state index in [4.69, 9.17) is 10.7 Å². The molecule has 0 bridgehead atoms. The van der Waals surface area contributed by atoms with Gasteiger partial charge in [-0.05, 0) is 56.9 Å². The third-order valence-electron chi connectivity index (χ3n) is 8.06. The van der Waals surface area contributed by atoms with Crippen LogP contribution in [0.5, 0.6) is 0 Å². The van der Waals surface area contributed by atoms with Gasteiger partial charge < -0.3 is 15.6 Å². The molecule has 1 aliphatic heterocycles. The zero-order valence-electron chi connectivity index (χ0n) is 19.8. The van der Waals surface area contributed by atoms with E-state index in [9.17, 15) is 4.79 Å². The van der Waals surface area contributed by atoms with Gasteiger partial charge in [-0.15, -0.1) is 0 Å². The van der Waals surface area contributed by atoms with Crippen molar-refractivity contribution in [3.05, 3.63) is 18.7 Å². The number of aliphatic imine (C=N–C) groups is 1. The van der Waals surface area contributed by atoms with Crippen LogP contribution >= 0.6 is 0 Å². The maximum atomic E-state index is 13.3. The van der Waals surface area contributed by atoms with Crippen LogP contribution in [0.1, 0.15) is 83.5 Å². The van der Waals surface area contributed by atoms with Gasteiger partial charge in [-0.3, -0.25) is 9.69 Å². The Bertz CT molecular complexity index is 756. The fourth-order valence-corrected chi connectivity index (χ4v) is 6.20. The smallest absolute Gasteiger partial charge is 0.257 e. The summed E-state index contributed by atoms with van der Waals surface area (Å²) in [5.74, 6) is 1.82. The molecule has 3 aliphatic rings. The Morgan fingerprint density at radius 3 is 2.69 bits per heavy atom. The molecule has 7 nitrogen and oxygen atoms in total. The van der Waals surface area contributed by atoms with E-state index in [2.05, 4.69) is 14.9 Å². The van der Waals surface area contributed by atoms with Gasteiger partial charge in [-0.2, -0.15) is 0 Å². The molecule has 0 aromatic carbocycles. The molecule has 3 atom stereocenters. The molecule has 2 saturated carbocycles. The number of nitrogens with two attached hydrogens (primary N) is 1. The molecule has 0 spiro atoms. The Morgan fingerprint density at radius 2 is 1.97 bits per heavy atom. The average molecular weight is 443 g/mol. The summed E-state index contributed by atoms with van der Waals surface area (Å²) in [5, 5.41) is 3.77. The summed E-state index contributed by atoms with van der Waals surface area (Å²) in [6.07, 6.45) is 21.1. The number of hydrogen-bond donors (Lipinski definition) is 2. The number of imidazole rings is 1. The van der Waals surface area contributed by atoms with E-state index in [0.717, 1.165) is 51.1 Å². The minimum Gasteiger partial charge on any atom is -0.369 e. The summed E-state index contributed by atoms with van der Waals surface area (Å²) >= 11 is 0. The highest BCUT2D eigenvalue weighted by Crippen LogP contribution is 2.40. The maximum absolute atomic E-state index is 13.3. The highest BCUT2D eigenvalue weighted by Gasteiger charge is 2.47. The molecule has 2 heterocycles. The number of likely N-dealkylation sites (N-methyl/N-ethyl adjacent to an activating group) is 1. The van der Waals surface area contributed by atoms with Gasteiger partial charge in [0.2, 0.25) is 0 Å². The Morgan fingerprint density at radius 1 is 1.16 bits per heavy atom. The van der Waals surface area contributed by atoms with Gasteiger partial charge >= 0.3 is 0 Å². The molecule has 0 radical (unpaired) electrons. The highest BCUT2D eigenvalue weighted by atomic mass is 16.2. The Balaban J connectivity index is 1.31. The average Bonchev–Trinajstić information content (AvgIpc) is 3.40. The quantitative estimate of drug-likeness (QED) is 0.541. The number of aryl methyl sites for hydroxylation is 1. The zero-order chi connectivity index (χ0) is 22.4. The number of nitrogens with one attached hydrogen (secondary N) is 1. The maximum Gasteiger partial charge on any atom is 0.257 e. The number of carbonyl (C=O) groups is 1. The minimum atomic E-state index is -0.621. The standard InChI is InChI=1S/C25H42N6O/c1-30-23(32)25(29-24(30)26,12-11-20-7-3-2-4-8-20)18-21-9-5-10-22(17-21)28-13-6-15-31-16-14-27-19-31/h14,16,19-22,28H,2-13,15,17-18H2,1H3,(H2,26,29)/t21?,22-,25+/m0/s1. The largest absolute Gasteiger partial charge is 0.369 e. The fraction of sp³-hybridized carbons (Fsp3) is 0.800. The van der Waals surface area contributed by atoms with E-state index < -0.39 is 5.54 Å². The normalized spacial score (nSPS) is 29.5. The van der Waals surface area contributed by atoms with Crippen molar-refractivity contribution in [2.24, 2.45) is 22.6 Å². The molecule has 178 valence electrons. The van der Waals surface area contributed by atoms with Gasteiger partial charge in [0.05, 0.1) is 6.33 Å².